The molecular formula is C11H13O. The molecule has 0 amide bonds. The van der Waals surface area contributed by atoms with Gasteiger partial charge in [0, 0.05) is 5.56 Å². The quantitative estimate of drug-likeness (QED) is 0.620. The third kappa shape index (κ3) is 2.19. The number of aryl methyl sites for hydroxylation is 1. The van der Waals surface area contributed by atoms with E-state index in [4.69, 9.17) is 0 Å². The number of aldehydes is 1. The second-order valence-electron chi connectivity index (χ2n) is 2.85. The van der Waals surface area contributed by atoms with Gasteiger partial charge in [0.1, 0.15) is 6.29 Å². The van der Waals surface area contributed by atoms with Crippen LogP contribution >= 0.6 is 0 Å². The number of benzene rings is 1. The highest BCUT2D eigenvalue weighted by molar-refractivity contribution is 5.76. The van der Waals surface area contributed by atoms with Crippen molar-refractivity contribution in [2.75, 3.05) is 0 Å². The second kappa shape index (κ2) is 4.70. The zero-order valence-electron chi connectivity index (χ0n) is 7.34. The largest absolute Gasteiger partial charge is 0.298 e. The first kappa shape index (κ1) is 8.98. The normalized spacial score (nSPS) is 9.75. The van der Waals surface area contributed by atoms with Gasteiger partial charge in [-0.2, -0.15) is 0 Å². The van der Waals surface area contributed by atoms with Crippen molar-refractivity contribution in [2.24, 2.45) is 0 Å². The fourth-order valence-electron chi connectivity index (χ4n) is 1.18. The number of unbranched alkanes of at least 4 members (excludes halogenated alkanes) is 1. The Hall–Kier alpha value is -1.11. The van der Waals surface area contributed by atoms with Crippen molar-refractivity contribution < 1.29 is 4.79 Å². The molecule has 0 saturated heterocycles. The molecule has 63 valence electrons. The van der Waals surface area contributed by atoms with Gasteiger partial charge >= 0.3 is 0 Å². The molecule has 0 bridgehead atoms. The lowest BCUT2D eigenvalue weighted by Gasteiger charge is -2.01. The van der Waals surface area contributed by atoms with Crippen LogP contribution < -0.4 is 0 Å². The number of carbonyl (C=O) groups excluding carboxylic acids is 1. The van der Waals surface area contributed by atoms with Crippen LogP contribution in [0.1, 0.15) is 35.7 Å². The molecule has 1 aromatic rings. The molecule has 1 aromatic carbocycles. The van der Waals surface area contributed by atoms with Crippen LogP contribution in [0, 0.1) is 6.07 Å². The zero-order valence-corrected chi connectivity index (χ0v) is 7.34. The zero-order chi connectivity index (χ0) is 8.81. The summed E-state index contributed by atoms with van der Waals surface area (Å²) < 4.78 is 0. The van der Waals surface area contributed by atoms with Crippen molar-refractivity contribution in [3.63, 3.8) is 0 Å². The Morgan fingerprint density at radius 1 is 1.58 bits per heavy atom. The summed E-state index contributed by atoms with van der Waals surface area (Å²) in [4.78, 5) is 10.6. The van der Waals surface area contributed by atoms with E-state index >= 15 is 0 Å². The molecule has 0 aliphatic rings. The highest BCUT2D eigenvalue weighted by atomic mass is 16.1. The topological polar surface area (TPSA) is 17.1 Å². The summed E-state index contributed by atoms with van der Waals surface area (Å²) in [6, 6.07) is 8.48. The Kier molecular flexibility index (Phi) is 3.52. The minimum atomic E-state index is 0.783. The summed E-state index contributed by atoms with van der Waals surface area (Å²) in [7, 11) is 0. The fourth-order valence-corrected chi connectivity index (χ4v) is 1.18. The maximum atomic E-state index is 10.6. The lowest BCUT2D eigenvalue weighted by atomic mass is 10.0. The molecular weight excluding hydrogens is 148 g/mol. The van der Waals surface area contributed by atoms with Gasteiger partial charge in [-0.05, 0) is 30.5 Å². The van der Waals surface area contributed by atoms with Gasteiger partial charge in [0.15, 0.2) is 0 Å². The molecule has 0 unspecified atom stereocenters. The molecule has 0 aliphatic heterocycles. The van der Waals surface area contributed by atoms with Crippen molar-refractivity contribution in [2.45, 2.75) is 26.2 Å². The van der Waals surface area contributed by atoms with E-state index in [0.29, 0.717) is 0 Å². The molecule has 0 spiro atoms. The monoisotopic (exact) mass is 161 g/mol. The van der Waals surface area contributed by atoms with E-state index in [1.54, 1.807) is 6.07 Å². The second-order valence-corrected chi connectivity index (χ2v) is 2.85. The smallest absolute Gasteiger partial charge is 0.150 e. The molecule has 0 N–H and O–H groups in total. The maximum Gasteiger partial charge on any atom is 0.150 e. The lowest BCUT2D eigenvalue weighted by Crippen LogP contribution is -1.91. The molecule has 0 atom stereocenters. The molecule has 0 saturated carbocycles. The van der Waals surface area contributed by atoms with Crippen LogP contribution in [0.4, 0.5) is 0 Å². The SMILES string of the molecule is CCCCc1cc[c]cc1C=O. The van der Waals surface area contributed by atoms with Crippen molar-refractivity contribution in [1.82, 2.24) is 0 Å². The van der Waals surface area contributed by atoms with Crippen LogP contribution in [0.3, 0.4) is 0 Å². The van der Waals surface area contributed by atoms with Crippen molar-refractivity contribution in [1.29, 1.82) is 0 Å². The van der Waals surface area contributed by atoms with Gasteiger partial charge in [-0.15, -0.1) is 0 Å². The van der Waals surface area contributed by atoms with Crippen molar-refractivity contribution >= 4 is 6.29 Å². The van der Waals surface area contributed by atoms with Crippen LogP contribution in [0.15, 0.2) is 18.2 Å². The Balaban J connectivity index is 2.75. The molecule has 0 heterocycles. The summed E-state index contributed by atoms with van der Waals surface area (Å²) in [5.74, 6) is 0. The van der Waals surface area contributed by atoms with Crippen LogP contribution in [-0.4, -0.2) is 6.29 Å². The molecule has 1 heteroatoms. The molecule has 0 aliphatic carbocycles. The first-order chi connectivity index (χ1) is 5.88. The van der Waals surface area contributed by atoms with Gasteiger partial charge in [-0.3, -0.25) is 4.79 Å². The summed E-state index contributed by atoms with van der Waals surface area (Å²) in [6.07, 6.45) is 4.21. The Labute approximate surface area is 73.4 Å². The molecule has 1 nitrogen and oxygen atoms in total. The molecule has 0 fully saturated rings. The fraction of sp³-hybridized carbons (Fsp3) is 0.364. The summed E-state index contributed by atoms with van der Waals surface area (Å²) in [5.41, 5.74) is 1.93. The highest BCUT2D eigenvalue weighted by Crippen LogP contribution is 2.09. The first-order valence-electron chi connectivity index (χ1n) is 4.32. The van der Waals surface area contributed by atoms with Crippen LogP contribution in [0.2, 0.25) is 0 Å². The number of hydrogen-bond donors (Lipinski definition) is 0. The molecule has 1 radical (unpaired) electrons. The third-order valence-corrected chi connectivity index (χ3v) is 1.92. The van der Waals surface area contributed by atoms with Gasteiger partial charge in [0.05, 0.1) is 0 Å². The van der Waals surface area contributed by atoms with E-state index in [-0.39, 0.29) is 0 Å². The minimum absolute atomic E-state index is 0.783. The number of carbonyl (C=O) groups is 1. The highest BCUT2D eigenvalue weighted by Gasteiger charge is 1.98. The van der Waals surface area contributed by atoms with E-state index < -0.39 is 0 Å². The Bertz CT molecular complexity index is 253. The Morgan fingerprint density at radius 3 is 3.08 bits per heavy atom. The maximum absolute atomic E-state index is 10.6. The van der Waals surface area contributed by atoms with E-state index in [9.17, 15) is 4.79 Å². The van der Waals surface area contributed by atoms with Crippen molar-refractivity contribution in [3.8, 4) is 0 Å². The predicted molar refractivity (Wildman–Crippen MR) is 49.3 cm³/mol. The van der Waals surface area contributed by atoms with Crippen LogP contribution in [-0.2, 0) is 6.42 Å². The predicted octanol–water partition coefficient (Wildman–Crippen LogP) is 2.64. The van der Waals surface area contributed by atoms with Crippen molar-refractivity contribution in [3.05, 3.63) is 35.4 Å². The summed E-state index contributed by atoms with van der Waals surface area (Å²) in [6.45, 7) is 2.15. The minimum Gasteiger partial charge on any atom is -0.298 e. The van der Waals surface area contributed by atoms with E-state index in [0.717, 1.165) is 36.7 Å². The molecule has 12 heavy (non-hydrogen) atoms. The average Bonchev–Trinajstić information content (AvgIpc) is 2.15. The molecule has 1 rings (SSSR count). The van der Waals surface area contributed by atoms with Crippen LogP contribution in [0.5, 0.6) is 0 Å². The average molecular weight is 161 g/mol. The summed E-state index contributed by atoms with van der Waals surface area (Å²) in [5, 5.41) is 0. The van der Waals surface area contributed by atoms with Gasteiger partial charge < -0.3 is 0 Å². The standard InChI is InChI=1S/C11H13O/c1-2-3-6-10-7-4-5-8-11(10)9-12/h4,7-9H,2-3,6H2,1H3. The van der Waals surface area contributed by atoms with Gasteiger partial charge in [0.25, 0.3) is 0 Å². The number of hydrogen-bond acceptors (Lipinski definition) is 1. The van der Waals surface area contributed by atoms with Gasteiger partial charge in [-0.1, -0.05) is 25.5 Å². The third-order valence-electron chi connectivity index (χ3n) is 1.92. The van der Waals surface area contributed by atoms with Crippen LogP contribution in [0.25, 0.3) is 0 Å². The number of rotatable bonds is 4. The first-order valence-corrected chi connectivity index (χ1v) is 4.32. The van der Waals surface area contributed by atoms with E-state index in [1.165, 1.54) is 0 Å². The molecule has 0 aromatic heterocycles. The summed E-state index contributed by atoms with van der Waals surface area (Å²) >= 11 is 0. The van der Waals surface area contributed by atoms with Gasteiger partial charge in [-0.25, -0.2) is 0 Å². The van der Waals surface area contributed by atoms with E-state index in [1.807, 2.05) is 12.1 Å². The Morgan fingerprint density at radius 2 is 2.42 bits per heavy atom. The van der Waals surface area contributed by atoms with E-state index in [2.05, 4.69) is 13.0 Å². The lowest BCUT2D eigenvalue weighted by molar-refractivity contribution is 0.112. The van der Waals surface area contributed by atoms with Gasteiger partial charge in [0.2, 0.25) is 0 Å².